The van der Waals surface area contributed by atoms with Crippen molar-refractivity contribution in [1.29, 1.82) is 0 Å². The van der Waals surface area contributed by atoms with Gasteiger partial charge < -0.3 is 25.6 Å². The minimum atomic E-state index is -1.10. The lowest BCUT2D eigenvalue weighted by Gasteiger charge is -2.20. The number of carboxylic acid groups (broad SMARTS) is 1. The molecule has 1 rings (SSSR count). The van der Waals surface area contributed by atoms with Gasteiger partial charge in [-0.25, -0.2) is 9.59 Å². The zero-order chi connectivity index (χ0) is 15.3. The second-order valence-electron chi connectivity index (χ2n) is 5.00. The fourth-order valence-corrected chi connectivity index (χ4v) is 1.63. The average Bonchev–Trinajstić information content (AvgIpc) is 2.69. The van der Waals surface area contributed by atoms with Crippen molar-refractivity contribution >= 4 is 17.7 Å². The number of H-pyrrole nitrogens is 1. The predicted molar refractivity (Wildman–Crippen MR) is 77.3 cm³/mol. The van der Waals surface area contributed by atoms with Crippen molar-refractivity contribution < 1.29 is 14.7 Å². The molecule has 0 aromatic carbocycles. The molecule has 0 saturated heterocycles. The molecule has 0 radical (unpaired) electrons. The van der Waals surface area contributed by atoms with E-state index < -0.39 is 12.0 Å². The molecule has 0 aliphatic heterocycles. The molecule has 0 saturated carbocycles. The summed E-state index contributed by atoms with van der Waals surface area (Å²) in [5, 5.41) is 14.2. The van der Waals surface area contributed by atoms with Gasteiger partial charge in [0.15, 0.2) is 0 Å². The number of nitrogens with zero attached hydrogens (tertiary/aromatic N) is 1. The Hall–Kier alpha value is -2.02. The number of rotatable bonds is 6. The highest BCUT2D eigenvalue weighted by Crippen LogP contribution is 2.16. The molecular formula is C13H22N4O3. The average molecular weight is 282 g/mol. The third-order valence-electron chi connectivity index (χ3n) is 3.05. The smallest absolute Gasteiger partial charge is 0.354 e. The number of amides is 2. The number of hydrogen-bond donors (Lipinski definition) is 4. The quantitative estimate of drug-likeness (QED) is 0.635. The van der Waals surface area contributed by atoms with Crippen LogP contribution in [0.25, 0.3) is 0 Å². The van der Waals surface area contributed by atoms with Crippen molar-refractivity contribution in [2.45, 2.75) is 26.8 Å². The van der Waals surface area contributed by atoms with Crippen LogP contribution < -0.4 is 10.6 Å². The van der Waals surface area contributed by atoms with Crippen molar-refractivity contribution in [1.82, 2.24) is 15.2 Å². The van der Waals surface area contributed by atoms with Gasteiger partial charge in [-0.15, -0.1) is 0 Å². The lowest BCUT2D eigenvalue weighted by atomic mass is 10.3. The minimum Gasteiger partial charge on any atom is -0.477 e. The van der Waals surface area contributed by atoms with E-state index in [-0.39, 0.29) is 11.4 Å². The van der Waals surface area contributed by atoms with Gasteiger partial charge in [0.2, 0.25) is 0 Å². The third-order valence-corrected chi connectivity index (χ3v) is 3.05. The third kappa shape index (κ3) is 4.58. The number of urea groups is 1. The molecule has 0 fully saturated rings. The summed E-state index contributed by atoms with van der Waals surface area (Å²) in [7, 11) is 1.97. The van der Waals surface area contributed by atoms with E-state index in [1.807, 2.05) is 7.05 Å². The first-order valence-corrected chi connectivity index (χ1v) is 6.49. The van der Waals surface area contributed by atoms with E-state index in [0.717, 1.165) is 6.54 Å². The van der Waals surface area contributed by atoms with Crippen LogP contribution in [0.5, 0.6) is 0 Å². The first kappa shape index (κ1) is 16.0. The van der Waals surface area contributed by atoms with Gasteiger partial charge in [-0.2, -0.15) is 0 Å². The Morgan fingerprint density at radius 3 is 2.65 bits per heavy atom. The number of carbonyl (C=O) groups is 2. The van der Waals surface area contributed by atoms with Crippen LogP contribution in [0.3, 0.4) is 0 Å². The molecule has 0 spiro atoms. The number of carbonyl (C=O) groups excluding carboxylic acids is 1. The van der Waals surface area contributed by atoms with Crippen LogP contribution >= 0.6 is 0 Å². The van der Waals surface area contributed by atoms with Crippen LogP contribution in [0.2, 0.25) is 0 Å². The van der Waals surface area contributed by atoms with Crippen molar-refractivity contribution in [3.05, 3.63) is 17.5 Å². The molecule has 0 bridgehead atoms. The largest absolute Gasteiger partial charge is 0.477 e. The summed E-state index contributed by atoms with van der Waals surface area (Å²) in [5.74, 6) is -1.10. The highest BCUT2D eigenvalue weighted by molar-refractivity contribution is 5.99. The zero-order valence-electron chi connectivity index (χ0n) is 12.3. The van der Waals surface area contributed by atoms with Crippen LogP contribution in [-0.2, 0) is 0 Å². The molecule has 20 heavy (non-hydrogen) atoms. The second-order valence-corrected chi connectivity index (χ2v) is 5.00. The van der Waals surface area contributed by atoms with Crippen molar-refractivity contribution in [3.8, 4) is 0 Å². The minimum absolute atomic E-state index is 0.0167. The summed E-state index contributed by atoms with van der Waals surface area (Å²) in [6, 6.07) is 1.58. The Morgan fingerprint density at radius 2 is 2.10 bits per heavy atom. The Kier molecular flexibility index (Phi) is 5.57. The molecule has 0 aliphatic rings. The normalized spacial score (nSPS) is 10.9. The van der Waals surface area contributed by atoms with Crippen LogP contribution in [0.15, 0.2) is 6.07 Å². The molecule has 4 N–H and O–H groups in total. The summed E-state index contributed by atoms with van der Waals surface area (Å²) in [5.41, 5.74) is 0.930. The molecule has 0 aliphatic carbocycles. The summed E-state index contributed by atoms with van der Waals surface area (Å²) in [6.45, 7) is 7.09. The zero-order valence-corrected chi connectivity index (χ0v) is 12.3. The SMILES string of the molecule is Cc1cc(NC(=O)NCCN(C)C(C)C)c(C(=O)O)[nH]1. The number of aromatic nitrogens is 1. The second kappa shape index (κ2) is 6.95. The van der Waals surface area contributed by atoms with Gasteiger partial charge in [-0.3, -0.25) is 0 Å². The fraction of sp³-hybridized carbons (Fsp3) is 0.538. The number of likely N-dealkylation sites (N-methyl/N-ethyl adjacent to an activating group) is 1. The van der Waals surface area contributed by atoms with Gasteiger partial charge in [0.1, 0.15) is 5.69 Å². The van der Waals surface area contributed by atoms with Crippen molar-refractivity contribution in [2.75, 3.05) is 25.5 Å². The molecule has 1 aromatic heterocycles. The molecule has 7 heteroatoms. The maximum absolute atomic E-state index is 11.7. The van der Waals surface area contributed by atoms with Crippen molar-refractivity contribution in [2.24, 2.45) is 0 Å². The van der Waals surface area contributed by atoms with Gasteiger partial charge in [-0.05, 0) is 33.9 Å². The van der Waals surface area contributed by atoms with Crippen LogP contribution in [-0.4, -0.2) is 53.2 Å². The molecule has 0 atom stereocenters. The number of aromatic amines is 1. The summed E-state index contributed by atoms with van der Waals surface area (Å²) < 4.78 is 0. The van der Waals surface area contributed by atoms with E-state index in [1.165, 1.54) is 0 Å². The maximum atomic E-state index is 11.7. The Labute approximate surface area is 118 Å². The number of nitrogens with one attached hydrogen (secondary N) is 3. The highest BCUT2D eigenvalue weighted by Gasteiger charge is 2.15. The molecule has 2 amide bonds. The van der Waals surface area contributed by atoms with Crippen LogP contribution in [0, 0.1) is 6.92 Å². The number of anilines is 1. The molecule has 1 aromatic rings. The summed E-state index contributed by atoms with van der Waals surface area (Å²) >= 11 is 0. The lowest BCUT2D eigenvalue weighted by Crippen LogP contribution is -2.38. The Morgan fingerprint density at radius 1 is 1.45 bits per heavy atom. The first-order chi connectivity index (χ1) is 9.31. The summed E-state index contributed by atoms with van der Waals surface area (Å²) in [6.07, 6.45) is 0. The van der Waals surface area contributed by atoms with E-state index in [0.29, 0.717) is 18.3 Å². The Balaban J connectivity index is 2.49. The summed E-state index contributed by atoms with van der Waals surface area (Å²) in [4.78, 5) is 27.5. The van der Waals surface area contributed by atoms with Gasteiger partial charge in [0.05, 0.1) is 5.69 Å². The van der Waals surface area contributed by atoms with Gasteiger partial charge in [-0.1, -0.05) is 0 Å². The molecule has 112 valence electrons. The highest BCUT2D eigenvalue weighted by atomic mass is 16.4. The topological polar surface area (TPSA) is 97.5 Å². The van der Waals surface area contributed by atoms with E-state index in [2.05, 4.69) is 34.4 Å². The monoisotopic (exact) mass is 282 g/mol. The predicted octanol–water partition coefficient (Wildman–Crippen LogP) is 1.48. The van der Waals surface area contributed by atoms with Gasteiger partial charge in [0.25, 0.3) is 0 Å². The molecule has 7 nitrogen and oxygen atoms in total. The van der Waals surface area contributed by atoms with E-state index in [9.17, 15) is 9.59 Å². The van der Waals surface area contributed by atoms with Crippen LogP contribution in [0.4, 0.5) is 10.5 Å². The standard InChI is InChI=1S/C13H22N4O3/c1-8(2)17(4)6-5-14-13(20)16-10-7-9(3)15-11(10)12(18)19/h7-8,15H,5-6H2,1-4H3,(H,18,19)(H2,14,16,20). The number of aryl methyl sites for hydroxylation is 1. The maximum Gasteiger partial charge on any atom is 0.354 e. The Bertz CT molecular complexity index is 482. The molecule has 0 unspecified atom stereocenters. The van der Waals surface area contributed by atoms with E-state index in [4.69, 9.17) is 5.11 Å². The number of carboxylic acids is 1. The van der Waals surface area contributed by atoms with E-state index in [1.54, 1.807) is 13.0 Å². The molecular weight excluding hydrogens is 260 g/mol. The van der Waals surface area contributed by atoms with Crippen molar-refractivity contribution in [3.63, 3.8) is 0 Å². The lowest BCUT2D eigenvalue weighted by molar-refractivity contribution is 0.0692. The van der Waals surface area contributed by atoms with Gasteiger partial charge in [0, 0.05) is 24.8 Å². The van der Waals surface area contributed by atoms with Gasteiger partial charge >= 0.3 is 12.0 Å². The number of aromatic carboxylic acids is 1. The van der Waals surface area contributed by atoms with E-state index >= 15 is 0 Å². The first-order valence-electron chi connectivity index (χ1n) is 6.49. The number of hydrogen-bond acceptors (Lipinski definition) is 3. The van der Waals surface area contributed by atoms with Crippen LogP contribution in [0.1, 0.15) is 30.0 Å². The molecule has 1 heterocycles. The fourth-order valence-electron chi connectivity index (χ4n) is 1.63.